The second kappa shape index (κ2) is 7.76. The summed E-state index contributed by atoms with van der Waals surface area (Å²) in [7, 11) is 3.21. The first-order valence-corrected chi connectivity index (χ1v) is 8.90. The summed E-state index contributed by atoms with van der Waals surface area (Å²) in [4.78, 5) is 26.3. The van der Waals surface area contributed by atoms with Crippen LogP contribution in [0.2, 0.25) is 0 Å². The van der Waals surface area contributed by atoms with Crippen molar-refractivity contribution < 1.29 is 19.1 Å². The van der Waals surface area contributed by atoms with E-state index in [4.69, 9.17) is 9.47 Å². The topological polar surface area (TPSA) is 67.9 Å². The monoisotopic (exact) mass is 346 g/mol. The lowest BCUT2D eigenvalue weighted by molar-refractivity contribution is -0.131. The summed E-state index contributed by atoms with van der Waals surface area (Å²) < 4.78 is 10.5. The summed E-state index contributed by atoms with van der Waals surface area (Å²) >= 11 is 0. The molecule has 1 aliphatic carbocycles. The highest BCUT2D eigenvalue weighted by Crippen LogP contribution is 2.31. The summed E-state index contributed by atoms with van der Waals surface area (Å²) in [6.07, 6.45) is 4.41. The van der Waals surface area contributed by atoms with Crippen LogP contribution in [0.1, 0.15) is 31.2 Å². The van der Waals surface area contributed by atoms with Gasteiger partial charge in [0.25, 0.3) is 0 Å². The number of ether oxygens (including phenoxy) is 2. The maximum atomic E-state index is 12.3. The van der Waals surface area contributed by atoms with Gasteiger partial charge in [-0.15, -0.1) is 0 Å². The van der Waals surface area contributed by atoms with Crippen molar-refractivity contribution in [1.82, 2.24) is 10.2 Å². The van der Waals surface area contributed by atoms with Crippen LogP contribution in [0.15, 0.2) is 18.2 Å². The molecule has 0 spiro atoms. The Hall–Kier alpha value is -2.24. The molecule has 2 fully saturated rings. The van der Waals surface area contributed by atoms with Gasteiger partial charge in [0, 0.05) is 25.6 Å². The third kappa shape index (κ3) is 3.89. The standard InChI is InChI=1S/C19H26N2O4/c1-24-16-7-6-13(10-17(16)25-2)8-9-20-19(23)14-11-18(22)21(12-14)15-4-3-5-15/h6-7,10,14-15H,3-5,8-9,11-12H2,1-2H3,(H,20,23). The molecule has 6 heteroatoms. The van der Waals surface area contributed by atoms with Crippen LogP contribution < -0.4 is 14.8 Å². The van der Waals surface area contributed by atoms with Crippen LogP contribution in [-0.4, -0.2) is 50.1 Å². The molecule has 1 saturated heterocycles. The van der Waals surface area contributed by atoms with Crippen LogP contribution in [0.4, 0.5) is 0 Å². The summed E-state index contributed by atoms with van der Waals surface area (Å²) in [5.41, 5.74) is 1.07. The normalized spacial score (nSPS) is 20.3. The number of methoxy groups -OCH3 is 2. The Morgan fingerprint density at radius 1 is 1.24 bits per heavy atom. The number of benzene rings is 1. The Morgan fingerprint density at radius 2 is 2.00 bits per heavy atom. The van der Waals surface area contributed by atoms with Crippen LogP contribution in [-0.2, 0) is 16.0 Å². The van der Waals surface area contributed by atoms with Crippen LogP contribution in [0, 0.1) is 5.92 Å². The van der Waals surface area contributed by atoms with Gasteiger partial charge in [0.05, 0.1) is 20.1 Å². The summed E-state index contributed by atoms with van der Waals surface area (Å²) in [5.74, 6) is 1.28. The fourth-order valence-corrected chi connectivity index (χ4v) is 3.47. The molecule has 1 heterocycles. The number of nitrogens with one attached hydrogen (secondary N) is 1. The molecule has 2 amide bonds. The number of hydrogen-bond acceptors (Lipinski definition) is 4. The third-order valence-electron chi connectivity index (χ3n) is 5.21. The average Bonchev–Trinajstić information content (AvgIpc) is 2.94. The predicted molar refractivity (Wildman–Crippen MR) is 93.7 cm³/mol. The van der Waals surface area contributed by atoms with Gasteiger partial charge in [-0.05, 0) is 43.4 Å². The predicted octanol–water partition coefficient (Wildman–Crippen LogP) is 1.76. The quantitative estimate of drug-likeness (QED) is 0.817. The van der Waals surface area contributed by atoms with Gasteiger partial charge in [-0.1, -0.05) is 6.07 Å². The zero-order valence-electron chi connectivity index (χ0n) is 14.9. The zero-order valence-corrected chi connectivity index (χ0v) is 14.9. The summed E-state index contributed by atoms with van der Waals surface area (Å²) in [6.45, 7) is 1.12. The SMILES string of the molecule is COc1ccc(CCNC(=O)C2CC(=O)N(C3CCC3)C2)cc1OC. The number of amides is 2. The number of carbonyl (C=O) groups is 2. The van der Waals surface area contributed by atoms with Crippen molar-refractivity contribution >= 4 is 11.8 Å². The van der Waals surface area contributed by atoms with E-state index in [0.717, 1.165) is 18.4 Å². The Balaban J connectivity index is 1.47. The molecule has 0 radical (unpaired) electrons. The second-order valence-electron chi connectivity index (χ2n) is 6.76. The van der Waals surface area contributed by atoms with E-state index in [2.05, 4.69) is 5.32 Å². The molecule has 1 aromatic carbocycles. The highest BCUT2D eigenvalue weighted by molar-refractivity contribution is 5.89. The van der Waals surface area contributed by atoms with Gasteiger partial charge in [0.15, 0.2) is 11.5 Å². The van der Waals surface area contributed by atoms with Gasteiger partial charge in [-0.2, -0.15) is 0 Å². The fourth-order valence-electron chi connectivity index (χ4n) is 3.47. The van der Waals surface area contributed by atoms with E-state index in [1.165, 1.54) is 6.42 Å². The Labute approximate surface area is 148 Å². The van der Waals surface area contributed by atoms with E-state index in [-0.39, 0.29) is 17.7 Å². The van der Waals surface area contributed by atoms with Crippen molar-refractivity contribution in [3.63, 3.8) is 0 Å². The molecule has 2 aliphatic rings. The van der Waals surface area contributed by atoms with Crippen LogP contribution in [0.3, 0.4) is 0 Å². The minimum Gasteiger partial charge on any atom is -0.493 e. The van der Waals surface area contributed by atoms with Gasteiger partial charge in [0.1, 0.15) is 0 Å². The Morgan fingerprint density at radius 3 is 2.64 bits per heavy atom. The molecule has 0 aromatic heterocycles. The lowest BCUT2D eigenvalue weighted by atomic mass is 9.92. The van der Waals surface area contributed by atoms with E-state index in [1.807, 2.05) is 23.1 Å². The highest BCUT2D eigenvalue weighted by Gasteiger charge is 2.39. The molecule has 1 N–H and O–H groups in total. The largest absolute Gasteiger partial charge is 0.493 e. The highest BCUT2D eigenvalue weighted by atomic mass is 16.5. The minimum absolute atomic E-state index is 0.0179. The van der Waals surface area contributed by atoms with E-state index in [1.54, 1.807) is 14.2 Å². The van der Waals surface area contributed by atoms with Gasteiger partial charge < -0.3 is 19.7 Å². The number of hydrogen-bond donors (Lipinski definition) is 1. The van der Waals surface area contributed by atoms with Gasteiger partial charge in [-0.25, -0.2) is 0 Å². The molecule has 25 heavy (non-hydrogen) atoms. The van der Waals surface area contributed by atoms with E-state index >= 15 is 0 Å². The molecule has 1 aliphatic heterocycles. The first kappa shape index (κ1) is 17.6. The Kier molecular flexibility index (Phi) is 5.46. The number of nitrogens with zero attached hydrogens (tertiary/aromatic N) is 1. The fraction of sp³-hybridized carbons (Fsp3) is 0.579. The molecule has 1 unspecified atom stereocenters. The number of rotatable bonds is 7. The van der Waals surface area contributed by atoms with Crippen LogP contribution >= 0.6 is 0 Å². The van der Waals surface area contributed by atoms with Crippen molar-refractivity contribution in [2.45, 2.75) is 38.1 Å². The maximum Gasteiger partial charge on any atom is 0.225 e. The van der Waals surface area contributed by atoms with Gasteiger partial charge in [-0.3, -0.25) is 9.59 Å². The molecule has 0 bridgehead atoms. The third-order valence-corrected chi connectivity index (χ3v) is 5.21. The van der Waals surface area contributed by atoms with Crippen molar-refractivity contribution in [3.05, 3.63) is 23.8 Å². The molecule has 1 saturated carbocycles. The molecule has 136 valence electrons. The molecule has 3 rings (SSSR count). The summed E-state index contributed by atoms with van der Waals surface area (Å²) in [5, 5.41) is 2.97. The number of likely N-dealkylation sites (tertiary alicyclic amines) is 1. The second-order valence-corrected chi connectivity index (χ2v) is 6.76. The van der Waals surface area contributed by atoms with Crippen molar-refractivity contribution in [1.29, 1.82) is 0 Å². The molecule has 6 nitrogen and oxygen atoms in total. The molecular weight excluding hydrogens is 320 g/mol. The molecular formula is C19H26N2O4. The lowest BCUT2D eigenvalue weighted by Crippen LogP contribution is -2.42. The zero-order chi connectivity index (χ0) is 17.8. The molecule has 1 aromatic rings. The lowest BCUT2D eigenvalue weighted by Gasteiger charge is -2.34. The minimum atomic E-state index is -0.210. The maximum absolute atomic E-state index is 12.3. The van der Waals surface area contributed by atoms with E-state index in [9.17, 15) is 9.59 Å². The van der Waals surface area contributed by atoms with Crippen molar-refractivity contribution in [3.8, 4) is 11.5 Å². The Bertz CT molecular complexity index is 642. The van der Waals surface area contributed by atoms with Crippen LogP contribution in [0.25, 0.3) is 0 Å². The average molecular weight is 346 g/mol. The van der Waals surface area contributed by atoms with Crippen molar-refractivity contribution in [2.75, 3.05) is 27.3 Å². The molecule has 1 atom stereocenters. The van der Waals surface area contributed by atoms with E-state index in [0.29, 0.717) is 43.5 Å². The van der Waals surface area contributed by atoms with Gasteiger partial charge >= 0.3 is 0 Å². The van der Waals surface area contributed by atoms with Crippen molar-refractivity contribution in [2.24, 2.45) is 5.92 Å². The first-order valence-electron chi connectivity index (χ1n) is 8.90. The van der Waals surface area contributed by atoms with Crippen LogP contribution in [0.5, 0.6) is 11.5 Å². The number of carbonyl (C=O) groups excluding carboxylic acids is 2. The van der Waals surface area contributed by atoms with E-state index < -0.39 is 0 Å². The summed E-state index contributed by atoms with van der Waals surface area (Å²) in [6, 6.07) is 6.12. The first-order chi connectivity index (χ1) is 12.1. The van der Waals surface area contributed by atoms with Gasteiger partial charge in [0.2, 0.25) is 11.8 Å². The smallest absolute Gasteiger partial charge is 0.225 e.